The van der Waals surface area contributed by atoms with Crippen LogP contribution in [0.1, 0.15) is 30.4 Å². The topological polar surface area (TPSA) is 73.8 Å². The second-order valence-corrected chi connectivity index (χ2v) is 9.75. The molecule has 2 aromatic carbocycles. The zero-order chi connectivity index (χ0) is 21.2. The molecule has 0 radical (unpaired) electrons. The predicted octanol–water partition coefficient (Wildman–Crippen LogP) is 3.43. The van der Waals surface area contributed by atoms with Crippen LogP contribution in [0.15, 0.2) is 64.5 Å². The highest BCUT2D eigenvalue weighted by atomic mass is 127. The number of sulfone groups is 1. The van der Waals surface area contributed by atoms with Crippen LogP contribution < -0.4 is 10.6 Å². The Hall–Kier alpha value is -1.65. The predicted molar refractivity (Wildman–Crippen MR) is 138 cm³/mol. The summed E-state index contributed by atoms with van der Waals surface area (Å²) in [5.41, 5.74) is 2.51. The summed E-state index contributed by atoms with van der Waals surface area (Å²) in [7, 11) is -1.61. The lowest BCUT2D eigenvalue weighted by atomic mass is 10.1. The van der Waals surface area contributed by atoms with E-state index in [1.807, 2.05) is 6.07 Å². The van der Waals surface area contributed by atoms with Gasteiger partial charge in [-0.1, -0.05) is 48.9 Å². The first-order chi connectivity index (χ1) is 14.6. The maximum absolute atomic E-state index is 12.4. The number of likely N-dealkylation sites (tertiary alicyclic amines) is 1. The number of nitrogens with one attached hydrogen (secondary N) is 2. The third-order valence-electron chi connectivity index (χ3n) is 5.33. The molecule has 0 atom stereocenters. The van der Waals surface area contributed by atoms with E-state index in [1.165, 1.54) is 37.9 Å². The van der Waals surface area contributed by atoms with Crippen LogP contribution in [-0.4, -0.2) is 51.7 Å². The minimum Gasteiger partial charge on any atom is -0.355 e. The van der Waals surface area contributed by atoms with Gasteiger partial charge in [0.05, 0.1) is 10.6 Å². The van der Waals surface area contributed by atoms with E-state index in [0.717, 1.165) is 12.1 Å². The largest absolute Gasteiger partial charge is 0.355 e. The first-order valence-electron chi connectivity index (χ1n) is 10.6. The molecule has 6 nitrogen and oxygen atoms in total. The Morgan fingerprint density at radius 3 is 2.23 bits per heavy atom. The molecule has 1 fully saturated rings. The van der Waals surface area contributed by atoms with Gasteiger partial charge in [-0.25, -0.2) is 8.42 Å². The fourth-order valence-electron chi connectivity index (χ4n) is 3.59. The fourth-order valence-corrected chi connectivity index (χ4v) is 4.77. The molecule has 1 heterocycles. The number of rotatable bonds is 8. The second-order valence-electron chi connectivity index (χ2n) is 7.64. The Balaban J connectivity index is 0.00000341. The monoisotopic (exact) mass is 556 g/mol. The Labute approximate surface area is 203 Å². The van der Waals surface area contributed by atoms with Crippen molar-refractivity contribution in [1.29, 1.82) is 0 Å². The molecule has 1 aliphatic rings. The highest BCUT2D eigenvalue weighted by Crippen LogP contribution is 2.13. The Morgan fingerprint density at radius 2 is 1.58 bits per heavy atom. The van der Waals surface area contributed by atoms with E-state index < -0.39 is 9.84 Å². The van der Waals surface area contributed by atoms with Crippen molar-refractivity contribution >= 4 is 39.8 Å². The van der Waals surface area contributed by atoms with E-state index in [9.17, 15) is 8.42 Å². The molecule has 0 aliphatic carbocycles. The molecular weight excluding hydrogens is 523 g/mol. The first-order valence-corrected chi connectivity index (χ1v) is 12.2. The highest BCUT2D eigenvalue weighted by molar-refractivity contribution is 14.0. The van der Waals surface area contributed by atoms with Crippen LogP contribution in [0.5, 0.6) is 0 Å². The van der Waals surface area contributed by atoms with E-state index in [0.29, 0.717) is 23.9 Å². The number of guanidine groups is 1. The third kappa shape index (κ3) is 8.42. The lowest BCUT2D eigenvalue weighted by molar-refractivity contribution is 0.221. The van der Waals surface area contributed by atoms with Crippen LogP contribution in [0.2, 0.25) is 0 Å². The van der Waals surface area contributed by atoms with Gasteiger partial charge in [-0.05, 0) is 49.2 Å². The summed E-state index contributed by atoms with van der Waals surface area (Å²) in [6, 6.07) is 17.2. The van der Waals surface area contributed by atoms with Gasteiger partial charge in [0.15, 0.2) is 15.8 Å². The average Bonchev–Trinajstić information content (AvgIpc) is 2.78. The minimum absolute atomic E-state index is 0. The SMILES string of the molecule is CN=C(NCCS(=O)(=O)c1ccccc1)NCc1ccc(CN2CCCCC2)cc1.I. The number of hydrogen-bond donors (Lipinski definition) is 2. The van der Waals surface area contributed by atoms with Crippen molar-refractivity contribution in [3.63, 3.8) is 0 Å². The second kappa shape index (κ2) is 13.0. The van der Waals surface area contributed by atoms with E-state index in [1.54, 1.807) is 31.3 Å². The Morgan fingerprint density at radius 1 is 0.935 bits per heavy atom. The van der Waals surface area contributed by atoms with Crippen molar-refractivity contribution in [2.75, 3.05) is 32.4 Å². The molecule has 0 bridgehead atoms. The molecular formula is C23H33IN4O2S. The van der Waals surface area contributed by atoms with Gasteiger partial charge in [0, 0.05) is 26.7 Å². The molecule has 2 aromatic rings. The van der Waals surface area contributed by atoms with Crippen LogP contribution >= 0.6 is 24.0 Å². The zero-order valence-corrected chi connectivity index (χ0v) is 21.2. The molecule has 0 spiro atoms. The minimum atomic E-state index is -3.30. The molecule has 0 amide bonds. The summed E-state index contributed by atoms with van der Waals surface area (Å²) in [6.45, 7) is 4.35. The number of hydrogen-bond acceptors (Lipinski definition) is 4. The highest BCUT2D eigenvalue weighted by Gasteiger charge is 2.13. The van der Waals surface area contributed by atoms with Gasteiger partial charge < -0.3 is 10.6 Å². The van der Waals surface area contributed by atoms with E-state index in [2.05, 4.69) is 44.8 Å². The van der Waals surface area contributed by atoms with Gasteiger partial charge >= 0.3 is 0 Å². The Bertz CT molecular complexity index is 912. The van der Waals surface area contributed by atoms with Crippen LogP contribution in [0, 0.1) is 0 Å². The molecule has 0 aromatic heterocycles. The smallest absolute Gasteiger partial charge is 0.191 e. The van der Waals surface area contributed by atoms with Gasteiger partial charge in [0.25, 0.3) is 0 Å². The summed E-state index contributed by atoms with van der Waals surface area (Å²) >= 11 is 0. The normalized spacial score (nSPS) is 15.2. The number of aliphatic imine (C=N–C) groups is 1. The fraction of sp³-hybridized carbons (Fsp3) is 0.435. The zero-order valence-electron chi connectivity index (χ0n) is 18.1. The average molecular weight is 557 g/mol. The van der Waals surface area contributed by atoms with Gasteiger partial charge in [-0.15, -0.1) is 24.0 Å². The van der Waals surface area contributed by atoms with Crippen molar-refractivity contribution < 1.29 is 8.42 Å². The van der Waals surface area contributed by atoms with Gasteiger partial charge in [-0.2, -0.15) is 0 Å². The van der Waals surface area contributed by atoms with Crippen LogP contribution in [0.25, 0.3) is 0 Å². The molecule has 1 saturated heterocycles. The van der Waals surface area contributed by atoms with Gasteiger partial charge in [-0.3, -0.25) is 9.89 Å². The van der Waals surface area contributed by atoms with Crippen molar-refractivity contribution in [3.05, 3.63) is 65.7 Å². The van der Waals surface area contributed by atoms with E-state index in [-0.39, 0.29) is 29.7 Å². The maximum Gasteiger partial charge on any atom is 0.191 e. The van der Waals surface area contributed by atoms with Crippen molar-refractivity contribution in [3.8, 4) is 0 Å². The lowest BCUT2D eigenvalue weighted by Gasteiger charge is -2.26. The lowest BCUT2D eigenvalue weighted by Crippen LogP contribution is -2.39. The quantitative estimate of drug-likeness (QED) is 0.296. The van der Waals surface area contributed by atoms with Crippen LogP contribution in [0.4, 0.5) is 0 Å². The summed E-state index contributed by atoms with van der Waals surface area (Å²) in [6.07, 6.45) is 3.97. The summed E-state index contributed by atoms with van der Waals surface area (Å²) in [4.78, 5) is 7.05. The maximum atomic E-state index is 12.4. The molecule has 170 valence electrons. The molecule has 2 N–H and O–H groups in total. The third-order valence-corrected chi connectivity index (χ3v) is 7.06. The molecule has 31 heavy (non-hydrogen) atoms. The molecule has 3 rings (SSSR count). The number of benzene rings is 2. The van der Waals surface area contributed by atoms with Gasteiger partial charge in [0.2, 0.25) is 0 Å². The first kappa shape index (κ1) is 25.6. The number of nitrogens with zero attached hydrogens (tertiary/aromatic N) is 2. The van der Waals surface area contributed by atoms with E-state index >= 15 is 0 Å². The molecule has 0 unspecified atom stereocenters. The summed E-state index contributed by atoms with van der Waals surface area (Å²) in [5, 5.41) is 6.33. The van der Waals surface area contributed by atoms with E-state index in [4.69, 9.17) is 0 Å². The summed E-state index contributed by atoms with van der Waals surface area (Å²) < 4.78 is 24.7. The molecule has 8 heteroatoms. The number of halogens is 1. The molecule has 0 saturated carbocycles. The summed E-state index contributed by atoms with van der Waals surface area (Å²) in [5.74, 6) is 0.610. The van der Waals surface area contributed by atoms with Crippen LogP contribution in [0.3, 0.4) is 0 Å². The standard InChI is InChI=1S/C23H32N4O2S.HI/c1-24-23(25-14-17-30(28,29)22-8-4-2-5-9-22)26-18-20-10-12-21(13-11-20)19-27-15-6-3-7-16-27;/h2,4-5,8-13H,3,6-7,14-19H2,1H3,(H2,24,25,26);1H. The molecule has 1 aliphatic heterocycles. The van der Waals surface area contributed by atoms with Crippen molar-refractivity contribution in [2.24, 2.45) is 4.99 Å². The van der Waals surface area contributed by atoms with Gasteiger partial charge in [0.1, 0.15) is 0 Å². The number of piperidine rings is 1. The van der Waals surface area contributed by atoms with Crippen molar-refractivity contribution in [1.82, 2.24) is 15.5 Å². The van der Waals surface area contributed by atoms with Crippen molar-refractivity contribution in [2.45, 2.75) is 37.2 Å². The Kier molecular flexibility index (Phi) is 10.8. The van der Waals surface area contributed by atoms with Crippen LogP contribution in [-0.2, 0) is 22.9 Å².